The van der Waals surface area contributed by atoms with E-state index in [0.29, 0.717) is 33.0 Å². The predicted molar refractivity (Wildman–Crippen MR) is 202 cm³/mol. The molecule has 0 spiro atoms. The summed E-state index contributed by atoms with van der Waals surface area (Å²) in [6.45, 7) is 4.31. The van der Waals surface area contributed by atoms with Crippen LogP contribution < -0.4 is 10.6 Å². The first-order chi connectivity index (χ1) is 24.8. The maximum atomic E-state index is 12.9. The first-order valence-corrected chi connectivity index (χ1v) is 20.9. The molecule has 2 saturated heterocycles. The third-order valence-corrected chi connectivity index (χ3v) is 12.4. The number of carbonyl (C=O) groups excluding carboxylic acids is 2. The highest BCUT2D eigenvalue weighted by molar-refractivity contribution is 7.99. The van der Waals surface area contributed by atoms with Crippen molar-refractivity contribution in [2.75, 3.05) is 38.7 Å². The van der Waals surface area contributed by atoms with E-state index in [2.05, 4.69) is 20.4 Å². The second-order valence-corrected chi connectivity index (χ2v) is 15.9. The van der Waals surface area contributed by atoms with Crippen molar-refractivity contribution in [2.45, 2.75) is 131 Å². The van der Waals surface area contributed by atoms with Gasteiger partial charge in [0, 0.05) is 34.0 Å². The first kappa shape index (κ1) is 43.3. The van der Waals surface area contributed by atoms with Crippen LogP contribution in [0.4, 0.5) is 26.3 Å². The molecular formula is C39H54F6N4O2S2. The summed E-state index contributed by atoms with van der Waals surface area (Å²) in [6.07, 6.45) is 7.92. The maximum Gasteiger partial charge on any atom is 0.416 e. The molecule has 14 heteroatoms. The highest BCUT2D eigenvalue weighted by Gasteiger charge is 2.36. The van der Waals surface area contributed by atoms with Crippen LogP contribution in [0.5, 0.6) is 0 Å². The Hall–Kier alpha value is -2.42. The quantitative estimate of drug-likeness (QED) is 0.205. The number of hydrogen-bond donors (Lipinski definition) is 2. The van der Waals surface area contributed by atoms with Crippen LogP contribution in [0.1, 0.15) is 116 Å². The van der Waals surface area contributed by atoms with Gasteiger partial charge in [0.15, 0.2) is 0 Å². The van der Waals surface area contributed by atoms with Crippen LogP contribution in [0.2, 0.25) is 0 Å². The lowest BCUT2D eigenvalue weighted by Crippen LogP contribution is -2.52. The molecule has 2 aliphatic carbocycles. The molecule has 2 aromatic carbocycles. The number of carbonyl (C=O) groups is 2. The fraction of sp³-hybridized carbons (Fsp3) is 0.641. The van der Waals surface area contributed by atoms with Gasteiger partial charge in [0.05, 0.1) is 22.3 Å². The van der Waals surface area contributed by atoms with Gasteiger partial charge in [-0.1, -0.05) is 33.1 Å². The summed E-state index contributed by atoms with van der Waals surface area (Å²) in [5.74, 6) is -0.529. The number of nitrogens with one attached hydrogen (secondary N) is 2. The minimum Gasteiger partial charge on any atom is -0.348 e. The molecule has 2 saturated carbocycles. The molecule has 2 N–H and O–H groups in total. The lowest BCUT2D eigenvalue weighted by molar-refractivity contribution is -0.138. The van der Waals surface area contributed by atoms with Gasteiger partial charge in [-0.2, -0.15) is 26.3 Å². The van der Waals surface area contributed by atoms with Crippen molar-refractivity contribution in [3.05, 3.63) is 58.7 Å². The third kappa shape index (κ3) is 11.3. The molecule has 0 aromatic heterocycles. The Morgan fingerprint density at radius 3 is 1.25 bits per heavy atom. The van der Waals surface area contributed by atoms with Gasteiger partial charge in [-0.15, -0.1) is 23.5 Å². The van der Waals surface area contributed by atoms with Crippen molar-refractivity contribution in [1.29, 1.82) is 0 Å². The lowest BCUT2D eigenvalue weighted by Gasteiger charge is -2.38. The fourth-order valence-corrected chi connectivity index (χ4v) is 9.43. The average Bonchev–Trinajstić information content (AvgIpc) is 3.87. The molecule has 53 heavy (non-hydrogen) atoms. The fourth-order valence-electron chi connectivity index (χ4n) is 8.18. The maximum absolute atomic E-state index is 12.9. The average molecular weight is 789 g/mol. The number of amides is 2. The molecular weight excluding hydrogens is 735 g/mol. The third-order valence-electron chi connectivity index (χ3n) is 10.9. The van der Waals surface area contributed by atoms with Gasteiger partial charge in [0.2, 0.25) is 0 Å². The van der Waals surface area contributed by atoms with Gasteiger partial charge in [-0.3, -0.25) is 19.4 Å². The van der Waals surface area contributed by atoms with Crippen molar-refractivity contribution in [2.24, 2.45) is 0 Å². The summed E-state index contributed by atoms with van der Waals surface area (Å²) in [5.41, 5.74) is -0.774. The molecule has 296 valence electrons. The molecule has 4 atom stereocenters. The van der Waals surface area contributed by atoms with Crippen molar-refractivity contribution in [3.8, 4) is 0 Å². The second-order valence-electron chi connectivity index (χ2n) is 14.2. The lowest BCUT2D eigenvalue weighted by atomic mass is 9.89. The van der Waals surface area contributed by atoms with Crippen LogP contribution in [-0.4, -0.2) is 84.5 Å². The SMILES string of the molecule is C.CSc1cc(C(F)(F)F)ccc1C(=O)N[C@@H]1CCCC[C@@H]1N1CCCC1.CSc1cc(C(F)(F)F)ccc1C(=O)N[C@H]1CCCC[C@@H]1N1CCCC1. The van der Waals surface area contributed by atoms with E-state index in [-0.39, 0.29) is 31.3 Å². The summed E-state index contributed by atoms with van der Waals surface area (Å²) in [5, 5.41) is 6.24. The molecule has 0 bridgehead atoms. The largest absolute Gasteiger partial charge is 0.416 e. The van der Waals surface area contributed by atoms with Crippen molar-refractivity contribution >= 4 is 35.3 Å². The molecule has 6 rings (SSSR count). The van der Waals surface area contributed by atoms with Crippen LogP contribution in [0, 0.1) is 0 Å². The van der Waals surface area contributed by atoms with Gasteiger partial charge >= 0.3 is 12.4 Å². The van der Waals surface area contributed by atoms with E-state index in [0.717, 1.165) is 89.0 Å². The van der Waals surface area contributed by atoms with E-state index in [9.17, 15) is 35.9 Å². The highest BCUT2D eigenvalue weighted by atomic mass is 32.2. The van der Waals surface area contributed by atoms with Gasteiger partial charge in [-0.25, -0.2) is 0 Å². The summed E-state index contributed by atoms with van der Waals surface area (Å²) >= 11 is 2.34. The van der Waals surface area contributed by atoms with Crippen molar-refractivity contribution < 1.29 is 35.9 Å². The second kappa shape index (κ2) is 19.4. The Balaban J connectivity index is 0.000000232. The number of likely N-dealkylation sites (tertiary alicyclic amines) is 2. The van der Waals surface area contributed by atoms with E-state index in [4.69, 9.17) is 0 Å². The first-order valence-electron chi connectivity index (χ1n) is 18.4. The number of nitrogens with zero attached hydrogens (tertiary/aromatic N) is 2. The molecule has 4 aliphatic rings. The standard InChI is InChI=1S/2C19H25F3N2OS.CH4/c2*1-26-17-12-13(19(20,21)22)8-9-14(17)18(25)23-15-6-2-3-7-16(15)24-10-4-5-11-24;/h2*8-9,12,15-16H,2-7,10-11H2,1H3,(H,23,25);1H4/t15-,16+;15-,16-;/m10./s1. The van der Waals surface area contributed by atoms with Crippen LogP contribution in [0.25, 0.3) is 0 Å². The zero-order chi connectivity index (χ0) is 37.5. The number of alkyl halides is 6. The van der Waals surface area contributed by atoms with Gasteiger partial charge in [-0.05, 0) is 126 Å². The molecule has 6 nitrogen and oxygen atoms in total. The topological polar surface area (TPSA) is 64.7 Å². The van der Waals surface area contributed by atoms with Crippen LogP contribution in [0.15, 0.2) is 46.2 Å². The molecule has 2 heterocycles. The van der Waals surface area contributed by atoms with Crippen LogP contribution in [-0.2, 0) is 12.4 Å². The molecule has 0 unspecified atom stereocenters. The molecule has 2 aliphatic heterocycles. The Labute approximate surface area is 319 Å². The normalized spacial score (nSPS) is 24.2. The summed E-state index contributed by atoms with van der Waals surface area (Å²) in [7, 11) is 0. The van der Waals surface area contributed by atoms with Gasteiger partial charge in [0.25, 0.3) is 11.8 Å². The Bertz CT molecular complexity index is 1400. The van der Waals surface area contributed by atoms with Gasteiger partial charge in [0.1, 0.15) is 0 Å². The highest BCUT2D eigenvalue weighted by Crippen LogP contribution is 2.35. The van der Waals surface area contributed by atoms with E-state index in [1.165, 1.54) is 74.2 Å². The van der Waals surface area contributed by atoms with E-state index < -0.39 is 23.5 Å². The predicted octanol–water partition coefficient (Wildman–Crippen LogP) is 9.76. The minimum atomic E-state index is -4.40. The summed E-state index contributed by atoms with van der Waals surface area (Å²) in [6, 6.07) is 7.58. The summed E-state index contributed by atoms with van der Waals surface area (Å²) < 4.78 is 77.5. The van der Waals surface area contributed by atoms with Crippen LogP contribution in [0.3, 0.4) is 0 Å². The molecule has 2 aromatic rings. The summed E-state index contributed by atoms with van der Waals surface area (Å²) in [4.78, 5) is 31.2. The van der Waals surface area contributed by atoms with Crippen molar-refractivity contribution in [1.82, 2.24) is 20.4 Å². The van der Waals surface area contributed by atoms with E-state index in [1.807, 2.05) is 0 Å². The smallest absolute Gasteiger partial charge is 0.348 e. The number of benzene rings is 2. The zero-order valence-corrected chi connectivity index (χ0v) is 31.5. The minimum absolute atomic E-state index is 0. The van der Waals surface area contributed by atoms with E-state index in [1.54, 1.807) is 12.5 Å². The van der Waals surface area contributed by atoms with Gasteiger partial charge < -0.3 is 10.6 Å². The molecule has 2 amide bonds. The molecule has 4 fully saturated rings. The van der Waals surface area contributed by atoms with Crippen molar-refractivity contribution in [3.63, 3.8) is 0 Å². The Kier molecular flexibility index (Phi) is 15.9. The Morgan fingerprint density at radius 1 is 0.585 bits per heavy atom. The van der Waals surface area contributed by atoms with E-state index >= 15 is 0 Å². The monoisotopic (exact) mass is 788 g/mol. The zero-order valence-electron chi connectivity index (χ0n) is 29.9. The molecule has 0 radical (unpaired) electrons. The number of thioether (sulfide) groups is 2. The number of rotatable bonds is 8. The van der Waals surface area contributed by atoms with Crippen LogP contribution >= 0.6 is 23.5 Å². The number of hydrogen-bond acceptors (Lipinski definition) is 6. The Morgan fingerprint density at radius 2 is 0.925 bits per heavy atom. The number of halogens is 6.